The van der Waals surface area contributed by atoms with Crippen LogP contribution in [-0.2, 0) is 14.9 Å². The van der Waals surface area contributed by atoms with Gasteiger partial charge in [-0.15, -0.1) is 11.8 Å². The normalized spacial score (nSPS) is 17.6. The van der Waals surface area contributed by atoms with Crippen LogP contribution in [0.3, 0.4) is 0 Å². The molecule has 0 atom stereocenters. The minimum Gasteiger partial charge on any atom is -0.468 e. The van der Waals surface area contributed by atoms with Gasteiger partial charge in [-0.05, 0) is 31.2 Å². The predicted octanol–water partition coefficient (Wildman–Crippen LogP) is 6.63. The number of aromatic nitrogens is 2. The molecule has 3 rings (SSSR count). The molecule has 0 unspecified atom stereocenters. The first-order chi connectivity index (χ1) is 13.6. The van der Waals surface area contributed by atoms with Crippen LogP contribution in [0.1, 0.15) is 24.1 Å². The molecule has 0 bridgehead atoms. The van der Waals surface area contributed by atoms with Crippen molar-refractivity contribution in [1.82, 2.24) is 9.78 Å². The van der Waals surface area contributed by atoms with Crippen LogP contribution in [-0.4, -0.2) is 29.1 Å². The maximum Gasteiger partial charge on any atom is 0.316 e. The molecule has 1 aromatic heterocycles. The summed E-state index contributed by atoms with van der Waals surface area (Å²) < 4.78 is 71.6. The minimum absolute atomic E-state index is 0.0645. The van der Waals surface area contributed by atoms with Gasteiger partial charge in [-0.3, -0.25) is 4.79 Å². The molecule has 0 aliphatic heterocycles. The number of ether oxygens (including phenoxy) is 1. The Morgan fingerprint density at radius 1 is 1.27 bits per heavy atom. The van der Waals surface area contributed by atoms with Crippen LogP contribution in [0.4, 0.5) is 19.4 Å². The van der Waals surface area contributed by atoms with E-state index in [1.807, 2.05) is 6.07 Å². The van der Waals surface area contributed by atoms with E-state index >= 15 is 0 Å². The fraction of sp³-hybridized carbons (Fsp3) is 0.312. The van der Waals surface area contributed by atoms with Crippen molar-refractivity contribution >= 4 is 51.2 Å². The number of thioether (sulfide) groups is 1. The van der Waals surface area contributed by atoms with E-state index in [4.69, 9.17) is 27.9 Å². The van der Waals surface area contributed by atoms with Crippen molar-refractivity contribution in [1.29, 1.82) is 5.26 Å². The summed E-state index contributed by atoms with van der Waals surface area (Å²) in [5, 5.41) is 12.3. The molecule has 0 saturated heterocycles. The van der Waals surface area contributed by atoms with Gasteiger partial charge in [-0.25, -0.2) is 4.68 Å². The lowest BCUT2D eigenvalue weighted by atomic mass is 9.97. The van der Waals surface area contributed by atoms with Crippen LogP contribution in [0, 0.1) is 11.3 Å². The zero-order valence-corrected chi connectivity index (χ0v) is 18.3. The number of halogens is 7. The van der Waals surface area contributed by atoms with Gasteiger partial charge in [0.2, 0.25) is 0 Å². The van der Waals surface area contributed by atoms with E-state index in [1.165, 1.54) is 7.11 Å². The molecular formula is C16H12Cl2F5N3O2S2. The third-order valence-corrected chi connectivity index (χ3v) is 7.06. The van der Waals surface area contributed by atoms with Crippen LogP contribution in [0.15, 0.2) is 22.1 Å². The number of carbonyl (C=O) groups is 1. The monoisotopic (exact) mass is 507 g/mol. The lowest BCUT2D eigenvalue weighted by molar-refractivity contribution is -0.143. The second-order valence-corrected chi connectivity index (χ2v) is 10.6. The first kappa shape index (κ1) is 23.0. The first-order valence-electron chi connectivity index (χ1n) is 7.99. The summed E-state index contributed by atoms with van der Waals surface area (Å²) in [5.74, 6) is -0.595. The van der Waals surface area contributed by atoms with Gasteiger partial charge in [-0.1, -0.05) is 42.6 Å². The van der Waals surface area contributed by atoms with Gasteiger partial charge >= 0.3 is 16.2 Å². The first-order valence-corrected chi connectivity index (χ1v) is 11.9. The van der Waals surface area contributed by atoms with Gasteiger partial charge in [0, 0.05) is 5.56 Å². The molecule has 1 aromatic carbocycles. The van der Waals surface area contributed by atoms with E-state index in [0.29, 0.717) is 12.8 Å². The highest BCUT2D eigenvalue weighted by Gasteiger charge is 2.65. The van der Waals surface area contributed by atoms with E-state index in [1.54, 1.807) is 6.26 Å². The fourth-order valence-corrected chi connectivity index (χ4v) is 5.36. The van der Waals surface area contributed by atoms with E-state index in [9.17, 15) is 29.5 Å². The zero-order valence-electron chi connectivity index (χ0n) is 15.2. The summed E-state index contributed by atoms with van der Waals surface area (Å²) in [6, 6.07) is 1.97. The van der Waals surface area contributed by atoms with Crippen LogP contribution in [0.25, 0.3) is 5.69 Å². The number of rotatable bonds is 5. The van der Waals surface area contributed by atoms with Gasteiger partial charge in [0.15, 0.2) is 5.69 Å². The van der Waals surface area contributed by atoms with E-state index in [-0.39, 0.29) is 34.1 Å². The molecule has 1 heterocycles. The SMILES string of the molecule is COC(=O)C1(c2c(C#N)nn(-c3c(Cl)cc(S(F)(F)(F)(F)F)cc3Cl)c2SC)CC1. The molecule has 1 saturated carbocycles. The topological polar surface area (TPSA) is 67.9 Å². The van der Waals surface area contributed by atoms with E-state index < -0.39 is 36.5 Å². The van der Waals surface area contributed by atoms with Crippen molar-refractivity contribution in [3.05, 3.63) is 33.4 Å². The number of esters is 1. The Morgan fingerprint density at radius 3 is 2.17 bits per heavy atom. The maximum atomic E-state index is 13.2. The summed E-state index contributed by atoms with van der Waals surface area (Å²) in [6.45, 7) is 0. The van der Waals surface area contributed by atoms with Crippen LogP contribution in [0.2, 0.25) is 10.0 Å². The Balaban J connectivity index is 2.29. The standard InChI is InChI=1S/C16H12Cl2F5N3O2S2/c1-28-15(27)16(3-4-16)12-11(7-24)25-26(14(12)29-2)13-9(17)5-8(6-10(13)18)30(19,20,21,22)23/h5-6H,3-4H2,1-2H3. The summed E-state index contributed by atoms with van der Waals surface area (Å²) in [7, 11) is -8.84. The zero-order chi connectivity index (χ0) is 22.8. The highest BCUT2D eigenvalue weighted by atomic mass is 35.5. The molecule has 1 aliphatic rings. The smallest absolute Gasteiger partial charge is 0.316 e. The second kappa shape index (κ2) is 6.41. The Morgan fingerprint density at radius 2 is 1.80 bits per heavy atom. The number of benzene rings is 1. The fourth-order valence-electron chi connectivity index (χ4n) is 3.10. The molecule has 30 heavy (non-hydrogen) atoms. The number of nitrogens with zero attached hydrogens (tertiary/aromatic N) is 3. The molecule has 2 aromatic rings. The third kappa shape index (κ3) is 3.72. The van der Waals surface area contributed by atoms with Crippen molar-refractivity contribution in [3.8, 4) is 11.8 Å². The lowest BCUT2D eigenvalue weighted by Gasteiger charge is -2.40. The van der Waals surface area contributed by atoms with Crippen LogP contribution >= 0.6 is 45.2 Å². The molecule has 14 heteroatoms. The van der Waals surface area contributed by atoms with Gasteiger partial charge < -0.3 is 4.74 Å². The summed E-state index contributed by atoms with van der Waals surface area (Å²) in [4.78, 5) is 10.1. The average Bonchev–Trinajstić information content (AvgIpc) is 3.34. The number of carbonyl (C=O) groups excluding carboxylic acids is 1. The van der Waals surface area contributed by atoms with Crippen molar-refractivity contribution < 1.29 is 29.0 Å². The number of hydrogen-bond acceptors (Lipinski definition) is 5. The van der Waals surface area contributed by atoms with Crippen molar-refractivity contribution in [3.63, 3.8) is 0 Å². The molecule has 164 valence electrons. The number of nitriles is 1. The molecule has 5 nitrogen and oxygen atoms in total. The number of hydrogen-bond donors (Lipinski definition) is 0. The Bertz CT molecular complexity index is 1100. The maximum absolute atomic E-state index is 13.2. The minimum atomic E-state index is -10.0. The van der Waals surface area contributed by atoms with Gasteiger partial charge in [0.05, 0.1) is 22.6 Å². The van der Waals surface area contributed by atoms with Crippen molar-refractivity contribution in [2.75, 3.05) is 13.4 Å². The summed E-state index contributed by atoms with van der Waals surface area (Å²) in [5.41, 5.74) is -1.39. The summed E-state index contributed by atoms with van der Waals surface area (Å²) >= 11 is 12.9. The van der Waals surface area contributed by atoms with Crippen LogP contribution in [0.5, 0.6) is 0 Å². The average molecular weight is 508 g/mol. The second-order valence-electron chi connectivity index (χ2n) is 6.53. The van der Waals surface area contributed by atoms with E-state index in [0.717, 1.165) is 16.4 Å². The van der Waals surface area contributed by atoms with Crippen LogP contribution < -0.4 is 0 Å². The molecule has 1 fully saturated rings. The lowest BCUT2D eigenvalue weighted by Crippen LogP contribution is -2.23. The van der Waals surface area contributed by atoms with Crippen molar-refractivity contribution in [2.24, 2.45) is 0 Å². The van der Waals surface area contributed by atoms with Gasteiger partial charge in [0.25, 0.3) is 0 Å². The molecule has 0 N–H and O–H groups in total. The molecule has 0 amide bonds. The molecule has 1 aliphatic carbocycles. The highest BCUT2D eigenvalue weighted by Crippen LogP contribution is 3.02. The number of methoxy groups -OCH3 is 1. The Labute approximate surface area is 181 Å². The highest BCUT2D eigenvalue weighted by molar-refractivity contribution is 8.45. The quantitative estimate of drug-likeness (QED) is 0.258. The van der Waals surface area contributed by atoms with Crippen molar-refractivity contribution in [2.45, 2.75) is 28.2 Å². The summed E-state index contributed by atoms with van der Waals surface area (Å²) in [6.07, 6.45) is 2.33. The van der Waals surface area contributed by atoms with Gasteiger partial charge in [-0.2, -0.15) is 10.4 Å². The predicted molar refractivity (Wildman–Crippen MR) is 104 cm³/mol. The molecular weight excluding hydrogens is 496 g/mol. The Hall–Kier alpha value is -1.68. The molecule has 0 radical (unpaired) electrons. The third-order valence-electron chi connectivity index (χ3n) is 4.59. The van der Waals surface area contributed by atoms with Gasteiger partial charge in [0.1, 0.15) is 21.7 Å². The van der Waals surface area contributed by atoms with E-state index in [2.05, 4.69) is 5.10 Å². The largest absolute Gasteiger partial charge is 0.468 e. The Kier molecular flexibility index (Phi) is 4.92. The molecule has 0 spiro atoms.